The Balaban J connectivity index is 1.88. The fraction of sp³-hybridized carbons (Fsp3) is 0.355. The van der Waals surface area contributed by atoms with Gasteiger partial charge in [0, 0.05) is 11.4 Å². The quantitative estimate of drug-likeness (QED) is 0.198. The number of nitrogens with one attached hydrogen (secondary N) is 2. The molecule has 0 spiro atoms. The lowest BCUT2D eigenvalue weighted by Gasteiger charge is -2.39. The van der Waals surface area contributed by atoms with Gasteiger partial charge in [-0.2, -0.15) is 26.3 Å². The van der Waals surface area contributed by atoms with Crippen LogP contribution in [0.15, 0.2) is 61.2 Å². The number of hydrogen-bond acceptors (Lipinski definition) is 2. The molecule has 0 unspecified atom stereocenters. The SMILES string of the molecule is CCn1cc[n+](C)c1C(=O)Nc1cc(C(c2ccc(C)c(NC(=O)c3n(CC)cc[n+]3C)c2)(C(F)(F)F)C(F)(F)F)ccc1C. The molecule has 2 aromatic carbocycles. The van der Waals surface area contributed by atoms with E-state index in [1.54, 1.807) is 61.9 Å². The zero-order valence-electron chi connectivity index (χ0n) is 25.6. The summed E-state index contributed by atoms with van der Waals surface area (Å²) in [6, 6.07) is 5.14. The molecule has 4 aromatic rings. The van der Waals surface area contributed by atoms with Crippen molar-refractivity contribution < 1.29 is 45.1 Å². The third-order valence-electron chi connectivity index (χ3n) is 7.93. The summed E-state index contributed by atoms with van der Waals surface area (Å²) in [6.07, 6.45) is -5.30. The molecule has 4 rings (SSSR count). The van der Waals surface area contributed by atoms with Crippen molar-refractivity contribution in [1.29, 1.82) is 0 Å². The van der Waals surface area contributed by atoms with Crippen LogP contribution in [-0.4, -0.2) is 33.3 Å². The highest BCUT2D eigenvalue weighted by Crippen LogP contribution is 2.57. The first-order valence-corrected chi connectivity index (χ1v) is 14.1. The van der Waals surface area contributed by atoms with Crippen molar-refractivity contribution in [2.75, 3.05) is 10.6 Å². The summed E-state index contributed by atoms with van der Waals surface area (Å²) in [5.41, 5.74) is -6.72. The summed E-state index contributed by atoms with van der Waals surface area (Å²) >= 11 is 0. The van der Waals surface area contributed by atoms with E-state index in [1.807, 2.05) is 0 Å². The molecule has 2 N–H and O–H groups in total. The summed E-state index contributed by atoms with van der Waals surface area (Å²) in [4.78, 5) is 26.3. The van der Waals surface area contributed by atoms with Gasteiger partial charge in [-0.3, -0.25) is 9.59 Å². The molecule has 45 heavy (non-hydrogen) atoms. The molecule has 0 radical (unpaired) electrons. The van der Waals surface area contributed by atoms with E-state index >= 15 is 26.3 Å². The molecule has 14 heteroatoms. The number of amides is 2. The summed E-state index contributed by atoms with van der Waals surface area (Å²) in [5, 5.41) is 4.99. The number of carbonyl (C=O) groups is 2. The number of rotatable bonds is 8. The number of carbonyl (C=O) groups excluding carboxylic acids is 2. The maximum atomic E-state index is 15.1. The topological polar surface area (TPSA) is 75.8 Å². The van der Waals surface area contributed by atoms with Gasteiger partial charge in [0.05, 0.1) is 27.2 Å². The molecule has 0 aliphatic heterocycles. The van der Waals surface area contributed by atoms with Crippen LogP contribution in [0.1, 0.15) is 57.3 Å². The maximum Gasteiger partial charge on any atom is 0.411 e. The number of nitrogens with zero attached hydrogens (tertiary/aromatic N) is 4. The summed E-state index contributed by atoms with van der Waals surface area (Å²) in [7, 11) is 3.19. The largest absolute Gasteiger partial charge is 0.411 e. The molecule has 2 aromatic heterocycles. The number of halogens is 6. The lowest BCUT2D eigenvalue weighted by atomic mass is 9.72. The van der Waals surface area contributed by atoms with Crippen molar-refractivity contribution in [1.82, 2.24) is 9.13 Å². The van der Waals surface area contributed by atoms with Crippen LogP contribution in [0.2, 0.25) is 0 Å². The van der Waals surface area contributed by atoms with E-state index in [2.05, 4.69) is 10.6 Å². The Kier molecular flexibility index (Phi) is 8.91. The normalized spacial score (nSPS) is 12.4. The maximum absolute atomic E-state index is 15.1. The van der Waals surface area contributed by atoms with Crippen molar-refractivity contribution in [2.45, 2.75) is 58.6 Å². The molecule has 0 aliphatic rings. The number of alkyl halides is 6. The second kappa shape index (κ2) is 12.1. The van der Waals surface area contributed by atoms with E-state index in [0.717, 1.165) is 24.3 Å². The molecule has 0 bridgehead atoms. The molecular weight excluding hydrogens is 602 g/mol. The molecular formula is C31H34F6N6O2+2. The second-order valence-electron chi connectivity index (χ2n) is 10.8. The molecule has 240 valence electrons. The Bertz CT molecular complexity index is 1620. The average Bonchev–Trinajstić information content (AvgIpc) is 3.52. The minimum Gasteiger partial charge on any atom is -0.315 e. The minimum absolute atomic E-state index is 0.154. The number of hydrogen-bond donors (Lipinski definition) is 2. The standard InChI is InChI=1S/C31H32F6N6O2/c1-7-42-15-13-40(5)27(42)25(44)38-23-17-21(11-9-19(23)3)29(30(32,33)34,31(35,36)37)22-12-10-20(4)24(18-22)39-26(45)28-41(6)14-16-43(28)8-2/h9-18H,7-8H2,1-6H3/p+2. The van der Waals surface area contributed by atoms with Crippen molar-refractivity contribution in [3.63, 3.8) is 0 Å². The number of benzene rings is 2. The van der Waals surface area contributed by atoms with Crippen LogP contribution in [0.4, 0.5) is 37.7 Å². The number of anilines is 2. The molecule has 2 heterocycles. The predicted molar refractivity (Wildman–Crippen MR) is 154 cm³/mol. The van der Waals surface area contributed by atoms with Crippen LogP contribution in [-0.2, 0) is 32.6 Å². The monoisotopic (exact) mass is 636 g/mol. The Hall–Kier alpha value is -4.62. The Morgan fingerprint density at radius 3 is 1.36 bits per heavy atom. The zero-order valence-corrected chi connectivity index (χ0v) is 25.6. The third kappa shape index (κ3) is 5.80. The van der Waals surface area contributed by atoms with Crippen molar-refractivity contribution in [3.05, 3.63) is 95.1 Å². The van der Waals surface area contributed by atoms with Gasteiger partial charge in [-0.05, 0) is 62.1 Å². The summed E-state index contributed by atoms with van der Waals surface area (Å²) < 4.78 is 96.6. The van der Waals surface area contributed by atoms with Crippen molar-refractivity contribution in [3.8, 4) is 0 Å². The van der Waals surface area contributed by atoms with E-state index in [1.165, 1.54) is 23.0 Å². The van der Waals surface area contributed by atoms with Gasteiger partial charge in [0.1, 0.15) is 24.8 Å². The average molecular weight is 637 g/mol. The lowest BCUT2D eigenvalue weighted by Crippen LogP contribution is -2.54. The van der Waals surface area contributed by atoms with E-state index in [4.69, 9.17) is 0 Å². The number of aryl methyl sites for hydroxylation is 6. The molecule has 0 aliphatic carbocycles. The Morgan fingerprint density at radius 1 is 0.689 bits per heavy atom. The molecule has 0 atom stereocenters. The molecule has 0 saturated carbocycles. The van der Waals surface area contributed by atoms with Gasteiger partial charge in [0.2, 0.25) is 5.41 Å². The molecule has 8 nitrogen and oxygen atoms in total. The first-order chi connectivity index (χ1) is 21.0. The zero-order chi connectivity index (χ0) is 33.5. The number of imidazole rings is 2. The van der Waals surface area contributed by atoms with Gasteiger partial charge in [0.25, 0.3) is 0 Å². The lowest BCUT2D eigenvalue weighted by molar-refractivity contribution is -0.672. The van der Waals surface area contributed by atoms with Gasteiger partial charge in [-0.15, -0.1) is 0 Å². The molecule has 0 saturated heterocycles. The fourth-order valence-corrected chi connectivity index (χ4v) is 5.46. The summed E-state index contributed by atoms with van der Waals surface area (Å²) in [6.45, 7) is 7.30. The minimum atomic E-state index is -5.88. The van der Waals surface area contributed by atoms with Crippen molar-refractivity contribution >= 4 is 23.2 Å². The molecule has 2 amide bonds. The smallest absolute Gasteiger partial charge is 0.315 e. The van der Waals surface area contributed by atoms with Gasteiger partial charge in [0.15, 0.2) is 0 Å². The van der Waals surface area contributed by atoms with Gasteiger partial charge >= 0.3 is 35.8 Å². The van der Waals surface area contributed by atoms with E-state index in [9.17, 15) is 9.59 Å². The highest BCUT2D eigenvalue weighted by molar-refractivity contribution is 6.02. The van der Waals surface area contributed by atoms with Crippen LogP contribution < -0.4 is 19.8 Å². The molecule has 0 fully saturated rings. The van der Waals surface area contributed by atoms with Crippen molar-refractivity contribution in [2.24, 2.45) is 14.1 Å². The van der Waals surface area contributed by atoms with E-state index < -0.39 is 40.7 Å². The van der Waals surface area contributed by atoms with Gasteiger partial charge in [-0.1, -0.05) is 24.3 Å². The van der Waals surface area contributed by atoms with Gasteiger partial charge in [-0.25, -0.2) is 18.3 Å². The van der Waals surface area contributed by atoms with Crippen LogP contribution in [0, 0.1) is 13.8 Å². The van der Waals surface area contributed by atoms with E-state index in [0.29, 0.717) is 25.2 Å². The van der Waals surface area contributed by atoms with Crippen LogP contribution in [0.3, 0.4) is 0 Å². The first-order valence-electron chi connectivity index (χ1n) is 14.1. The second-order valence-corrected chi connectivity index (χ2v) is 10.8. The third-order valence-corrected chi connectivity index (χ3v) is 7.93. The first kappa shape index (κ1) is 33.3. The predicted octanol–water partition coefficient (Wildman–Crippen LogP) is 5.51. The van der Waals surface area contributed by atoms with Gasteiger partial charge < -0.3 is 10.6 Å². The van der Waals surface area contributed by atoms with Crippen LogP contribution in [0.5, 0.6) is 0 Å². The fourth-order valence-electron chi connectivity index (χ4n) is 5.46. The number of aromatic nitrogens is 4. The van der Waals surface area contributed by atoms with Crippen LogP contribution >= 0.6 is 0 Å². The van der Waals surface area contributed by atoms with Crippen LogP contribution in [0.25, 0.3) is 0 Å². The summed E-state index contributed by atoms with van der Waals surface area (Å²) in [5.74, 6) is -1.11. The van der Waals surface area contributed by atoms with E-state index in [-0.39, 0.29) is 34.2 Å². The highest BCUT2D eigenvalue weighted by Gasteiger charge is 2.72. The Labute approximate surface area is 255 Å². The Morgan fingerprint density at radius 2 is 1.04 bits per heavy atom. The highest BCUT2D eigenvalue weighted by atomic mass is 19.4.